The number of benzene rings is 2. The molecule has 1 fully saturated rings. The summed E-state index contributed by atoms with van der Waals surface area (Å²) >= 11 is 0. The van der Waals surface area contributed by atoms with Crippen molar-refractivity contribution < 1.29 is 32.2 Å². The molecule has 1 heterocycles. The smallest absolute Gasteiger partial charge is 0.411 e. The zero-order valence-corrected chi connectivity index (χ0v) is 19.8. The molecule has 0 unspecified atom stereocenters. The van der Waals surface area contributed by atoms with Gasteiger partial charge in [0.05, 0.1) is 25.5 Å². The van der Waals surface area contributed by atoms with Crippen LogP contribution in [0.1, 0.15) is 18.1 Å². The summed E-state index contributed by atoms with van der Waals surface area (Å²) in [4.78, 5) is 25.9. The van der Waals surface area contributed by atoms with Crippen molar-refractivity contribution in [2.45, 2.75) is 13.5 Å². The first-order valence-corrected chi connectivity index (χ1v) is 11.3. The van der Waals surface area contributed by atoms with E-state index < -0.39 is 23.5 Å². The molecule has 3 rings (SSSR count). The summed E-state index contributed by atoms with van der Waals surface area (Å²) in [7, 11) is 0. The molecule has 36 heavy (non-hydrogen) atoms. The highest BCUT2D eigenvalue weighted by Gasteiger charge is 2.15. The van der Waals surface area contributed by atoms with Gasteiger partial charge in [-0.25, -0.2) is 23.0 Å². The molecule has 0 saturated carbocycles. The van der Waals surface area contributed by atoms with Crippen LogP contribution in [-0.4, -0.2) is 67.6 Å². The monoisotopic (exact) mass is 504 g/mol. The third-order valence-corrected chi connectivity index (χ3v) is 5.22. The minimum Gasteiger partial charge on any atom is -0.448 e. The number of allylic oxidation sites excluding steroid dienone is 2. The quantitative estimate of drug-likeness (QED) is 0.230. The highest BCUT2D eigenvalue weighted by atomic mass is 19.2. The van der Waals surface area contributed by atoms with Crippen molar-refractivity contribution in [1.29, 1.82) is 0 Å². The van der Waals surface area contributed by atoms with E-state index in [1.165, 1.54) is 6.08 Å². The number of nitrogens with one attached hydrogen (secondary N) is 1. The maximum atomic E-state index is 13.7. The Morgan fingerprint density at radius 1 is 1.19 bits per heavy atom. The standard InChI is InChI=1S/C25H27F3N4O4/c1-2-4-23(19-14-21(26)24(28)22(27)15-19)30-32(17-33)16-18-5-3-6-20(13-18)29-25(34)36-12-9-31-7-10-35-11-8-31/h2-6,13-15,17H,7-12,16H2,1H3,(H,29,34)/b4-2-,30-23+. The molecule has 8 nitrogen and oxygen atoms in total. The average molecular weight is 505 g/mol. The van der Waals surface area contributed by atoms with E-state index in [4.69, 9.17) is 9.47 Å². The molecule has 2 amide bonds. The number of ether oxygens (including phenoxy) is 2. The molecule has 1 N–H and O–H groups in total. The van der Waals surface area contributed by atoms with Gasteiger partial charge in [-0.05, 0) is 42.8 Å². The second-order valence-electron chi connectivity index (χ2n) is 7.86. The third-order valence-electron chi connectivity index (χ3n) is 5.22. The van der Waals surface area contributed by atoms with Gasteiger partial charge in [-0.15, -0.1) is 0 Å². The molecule has 1 aliphatic rings. The van der Waals surface area contributed by atoms with Crippen LogP contribution < -0.4 is 5.32 Å². The fourth-order valence-electron chi connectivity index (χ4n) is 3.46. The van der Waals surface area contributed by atoms with E-state index in [0.717, 1.165) is 30.2 Å². The number of anilines is 1. The van der Waals surface area contributed by atoms with Crippen molar-refractivity contribution in [2.24, 2.45) is 5.10 Å². The van der Waals surface area contributed by atoms with E-state index in [-0.39, 0.29) is 24.4 Å². The first kappa shape index (κ1) is 26.9. The topological polar surface area (TPSA) is 83.5 Å². The minimum absolute atomic E-state index is 0.00167. The number of amides is 2. The van der Waals surface area contributed by atoms with E-state index in [9.17, 15) is 22.8 Å². The second-order valence-corrected chi connectivity index (χ2v) is 7.86. The molecule has 0 aromatic heterocycles. The molecule has 0 aliphatic carbocycles. The lowest BCUT2D eigenvalue weighted by Crippen LogP contribution is -2.38. The predicted molar refractivity (Wildman–Crippen MR) is 128 cm³/mol. The number of carbonyl (C=O) groups is 2. The number of hydrogen-bond acceptors (Lipinski definition) is 6. The molecule has 2 aromatic carbocycles. The first-order chi connectivity index (χ1) is 17.4. The fraction of sp³-hybridized carbons (Fsp3) is 0.320. The SMILES string of the molecule is C/C=C\C(=N/N(C=O)Cc1cccc(NC(=O)OCCN2CCOCC2)c1)c1cc(F)c(F)c(F)c1. The summed E-state index contributed by atoms with van der Waals surface area (Å²) in [6.45, 7) is 5.41. The van der Waals surface area contributed by atoms with Crippen molar-refractivity contribution in [3.63, 3.8) is 0 Å². The van der Waals surface area contributed by atoms with Gasteiger partial charge in [-0.1, -0.05) is 18.2 Å². The Hall–Kier alpha value is -3.70. The Bertz CT molecular complexity index is 1100. The largest absolute Gasteiger partial charge is 0.448 e. The van der Waals surface area contributed by atoms with Gasteiger partial charge in [0.15, 0.2) is 17.5 Å². The molecule has 192 valence electrons. The molecule has 0 spiro atoms. The molecule has 1 aliphatic heterocycles. The number of morpholine rings is 1. The van der Waals surface area contributed by atoms with Gasteiger partial charge >= 0.3 is 6.09 Å². The van der Waals surface area contributed by atoms with E-state index >= 15 is 0 Å². The zero-order chi connectivity index (χ0) is 25.9. The van der Waals surface area contributed by atoms with Crippen molar-refractivity contribution >= 4 is 23.9 Å². The van der Waals surface area contributed by atoms with E-state index in [1.54, 1.807) is 37.3 Å². The van der Waals surface area contributed by atoms with Crippen LogP contribution in [0.4, 0.5) is 23.7 Å². The highest BCUT2D eigenvalue weighted by molar-refractivity contribution is 6.08. The van der Waals surface area contributed by atoms with Crippen LogP contribution >= 0.6 is 0 Å². The second kappa shape index (κ2) is 13.4. The molecular formula is C25H27F3N4O4. The lowest BCUT2D eigenvalue weighted by atomic mass is 10.1. The van der Waals surface area contributed by atoms with E-state index in [0.29, 0.717) is 37.4 Å². The fourth-order valence-corrected chi connectivity index (χ4v) is 3.46. The van der Waals surface area contributed by atoms with Crippen molar-refractivity contribution in [3.05, 3.63) is 77.1 Å². The van der Waals surface area contributed by atoms with Gasteiger partial charge in [0, 0.05) is 30.9 Å². The predicted octanol–water partition coefficient (Wildman–Crippen LogP) is 3.92. The summed E-state index contributed by atoms with van der Waals surface area (Å²) in [6.07, 6.45) is 2.84. The normalized spacial score (nSPS) is 14.6. The van der Waals surface area contributed by atoms with Gasteiger partial charge < -0.3 is 9.47 Å². The van der Waals surface area contributed by atoms with Gasteiger partial charge in [-0.2, -0.15) is 5.10 Å². The van der Waals surface area contributed by atoms with Gasteiger partial charge in [0.2, 0.25) is 6.41 Å². The van der Waals surface area contributed by atoms with Gasteiger partial charge in [0.25, 0.3) is 0 Å². The van der Waals surface area contributed by atoms with Gasteiger partial charge in [0.1, 0.15) is 6.61 Å². The van der Waals surface area contributed by atoms with Crippen LogP contribution in [0, 0.1) is 17.5 Å². The van der Waals surface area contributed by atoms with E-state index in [2.05, 4.69) is 15.3 Å². The maximum Gasteiger partial charge on any atom is 0.411 e. The number of hydrazone groups is 1. The Morgan fingerprint density at radius 3 is 2.58 bits per heavy atom. The number of nitrogens with zero attached hydrogens (tertiary/aromatic N) is 3. The van der Waals surface area contributed by atoms with Crippen LogP contribution in [0.5, 0.6) is 0 Å². The summed E-state index contributed by atoms with van der Waals surface area (Å²) in [5, 5.41) is 7.81. The Balaban J connectivity index is 1.64. The Morgan fingerprint density at radius 2 is 1.92 bits per heavy atom. The zero-order valence-electron chi connectivity index (χ0n) is 19.8. The third kappa shape index (κ3) is 7.92. The lowest BCUT2D eigenvalue weighted by molar-refractivity contribution is -0.118. The molecule has 1 saturated heterocycles. The lowest BCUT2D eigenvalue weighted by Gasteiger charge is -2.26. The molecule has 2 aromatic rings. The highest BCUT2D eigenvalue weighted by Crippen LogP contribution is 2.17. The summed E-state index contributed by atoms with van der Waals surface area (Å²) in [5.74, 6) is -4.32. The molecule has 11 heteroatoms. The maximum absolute atomic E-state index is 13.7. The number of hydrogen-bond donors (Lipinski definition) is 1. The van der Waals surface area contributed by atoms with Gasteiger partial charge in [-0.3, -0.25) is 15.0 Å². The summed E-state index contributed by atoms with van der Waals surface area (Å²) in [5.41, 5.74) is 1.09. The number of rotatable bonds is 10. The van der Waals surface area contributed by atoms with Crippen LogP contribution in [0.25, 0.3) is 0 Å². The Labute approximate surface area is 207 Å². The van der Waals surface area contributed by atoms with Crippen molar-refractivity contribution in [2.75, 3.05) is 44.8 Å². The first-order valence-electron chi connectivity index (χ1n) is 11.3. The van der Waals surface area contributed by atoms with Crippen LogP contribution in [0.15, 0.2) is 53.7 Å². The minimum atomic E-state index is -1.59. The average Bonchev–Trinajstić information content (AvgIpc) is 2.87. The Kier molecular flexibility index (Phi) is 10.0. The van der Waals surface area contributed by atoms with Crippen molar-refractivity contribution in [3.8, 4) is 0 Å². The molecule has 0 radical (unpaired) electrons. The molecule has 0 bridgehead atoms. The molecule has 0 atom stereocenters. The number of carbonyl (C=O) groups excluding carboxylic acids is 2. The van der Waals surface area contributed by atoms with Crippen molar-refractivity contribution in [1.82, 2.24) is 9.91 Å². The summed E-state index contributed by atoms with van der Waals surface area (Å²) in [6, 6.07) is 8.31. The summed E-state index contributed by atoms with van der Waals surface area (Å²) < 4.78 is 51.2. The van der Waals surface area contributed by atoms with E-state index in [1.807, 2.05) is 0 Å². The van der Waals surface area contributed by atoms with Crippen LogP contribution in [0.3, 0.4) is 0 Å². The number of halogens is 3. The van der Waals surface area contributed by atoms with Crippen LogP contribution in [0.2, 0.25) is 0 Å². The molecular weight excluding hydrogens is 477 g/mol. The van der Waals surface area contributed by atoms with Crippen LogP contribution in [-0.2, 0) is 20.8 Å².